The number of amides is 1. The monoisotopic (exact) mass is 440 g/mol. The molecule has 7 nitrogen and oxygen atoms in total. The first kappa shape index (κ1) is 33.4. The van der Waals surface area contributed by atoms with E-state index in [1.807, 2.05) is 13.8 Å². The molecular formula is C24H44N2O5. The van der Waals surface area contributed by atoms with Crippen LogP contribution in [0.3, 0.4) is 0 Å². The van der Waals surface area contributed by atoms with Crippen molar-refractivity contribution < 1.29 is 23.9 Å². The van der Waals surface area contributed by atoms with Crippen LogP contribution in [0.4, 0.5) is 4.79 Å². The van der Waals surface area contributed by atoms with Gasteiger partial charge in [0, 0.05) is 14.2 Å². The molecule has 0 saturated heterocycles. The van der Waals surface area contributed by atoms with Gasteiger partial charge in [-0.05, 0) is 54.0 Å². The number of nitrogens with one attached hydrogen (secondary N) is 2. The number of ether oxygens (including phenoxy) is 2. The highest BCUT2D eigenvalue weighted by molar-refractivity contribution is 5.73. The van der Waals surface area contributed by atoms with Gasteiger partial charge in [-0.3, -0.25) is 0 Å². The highest BCUT2D eigenvalue weighted by Gasteiger charge is 2.19. The van der Waals surface area contributed by atoms with Gasteiger partial charge in [-0.25, -0.2) is 4.79 Å². The van der Waals surface area contributed by atoms with Crippen LogP contribution in [0.15, 0.2) is 24.3 Å². The standard InChI is InChI=1S/C11H21NO3.C8H10.C3H7NO.C2H6O/c1-8(2)6-9(7-13)12-10(14)15-11(3,4)5;1-7-4-3-5-8(2)6-7;1-4-2-3-5;1-3-2/h7-9H,6H2,1-5H3,(H,12,14);3-6H,1-2H3;3-4H,2H2,1H3;1-2H3. The lowest BCUT2D eigenvalue weighted by atomic mass is 10.1. The maximum atomic E-state index is 11.3. The maximum absolute atomic E-state index is 11.3. The Bertz CT molecular complexity index is 566. The average molecular weight is 441 g/mol. The molecule has 7 heteroatoms. The number of likely N-dealkylation sites (N-methyl/N-ethyl adjacent to an activating group) is 1. The Morgan fingerprint density at radius 1 is 1.10 bits per heavy atom. The average Bonchev–Trinajstić information content (AvgIpc) is 2.61. The molecule has 0 radical (unpaired) electrons. The van der Waals surface area contributed by atoms with Crippen LogP contribution in [-0.2, 0) is 19.1 Å². The van der Waals surface area contributed by atoms with E-state index >= 15 is 0 Å². The number of methoxy groups -OCH3 is 1. The molecule has 1 rings (SSSR count). The number of carbonyl (C=O) groups excluding carboxylic acids is 3. The maximum Gasteiger partial charge on any atom is 0.408 e. The van der Waals surface area contributed by atoms with Crippen LogP contribution in [0.25, 0.3) is 0 Å². The molecular weight excluding hydrogens is 396 g/mol. The predicted molar refractivity (Wildman–Crippen MR) is 128 cm³/mol. The molecule has 31 heavy (non-hydrogen) atoms. The third-order valence-corrected chi connectivity index (χ3v) is 3.05. The number of carbonyl (C=O) groups is 3. The highest BCUT2D eigenvalue weighted by Crippen LogP contribution is 2.08. The van der Waals surface area contributed by atoms with E-state index in [-0.39, 0.29) is 0 Å². The Morgan fingerprint density at radius 2 is 1.58 bits per heavy atom. The number of aryl methyl sites for hydroxylation is 2. The molecule has 0 aromatic heterocycles. The minimum Gasteiger partial charge on any atom is -0.444 e. The third kappa shape index (κ3) is 30.0. The lowest BCUT2D eigenvalue weighted by Crippen LogP contribution is -2.40. The fourth-order valence-corrected chi connectivity index (χ4v) is 2.01. The summed E-state index contributed by atoms with van der Waals surface area (Å²) in [5.74, 6) is 0.357. The quantitative estimate of drug-likeness (QED) is 0.647. The number of alkyl carbamates (subject to hydrolysis) is 1. The number of benzene rings is 1. The Morgan fingerprint density at radius 3 is 1.81 bits per heavy atom. The molecule has 0 bridgehead atoms. The van der Waals surface area contributed by atoms with E-state index in [1.54, 1.807) is 42.0 Å². The van der Waals surface area contributed by atoms with Gasteiger partial charge in [0.25, 0.3) is 0 Å². The molecule has 0 spiro atoms. The van der Waals surface area contributed by atoms with Crippen LogP contribution in [0.2, 0.25) is 0 Å². The van der Waals surface area contributed by atoms with Crippen LogP contribution in [0.5, 0.6) is 0 Å². The lowest BCUT2D eigenvalue weighted by Gasteiger charge is -2.22. The number of rotatable bonds is 6. The van der Waals surface area contributed by atoms with Crippen molar-refractivity contribution in [3.63, 3.8) is 0 Å². The van der Waals surface area contributed by atoms with Crippen molar-refractivity contribution >= 4 is 18.7 Å². The van der Waals surface area contributed by atoms with Crippen molar-refractivity contribution in [1.29, 1.82) is 0 Å². The Kier molecular flexibility index (Phi) is 22.6. The van der Waals surface area contributed by atoms with E-state index in [1.165, 1.54) is 11.1 Å². The molecule has 1 aromatic rings. The van der Waals surface area contributed by atoms with Crippen molar-refractivity contribution in [1.82, 2.24) is 10.6 Å². The first-order valence-electron chi connectivity index (χ1n) is 10.3. The fourth-order valence-electron chi connectivity index (χ4n) is 2.01. The van der Waals surface area contributed by atoms with Crippen molar-refractivity contribution in [3.8, 4) is 0 Å². The van der Waals surface area contributed by atoms with Gasteiger partial charge in [-0.1, -0.05) is 49.2 Å². The van der Waals surface area contributed by atoms with Gasteiger partial charge in [0.15, 0.2) is 0 Å². The minimum atomic E-state index is -0.541. The van der Waals surface area contributed by atoms with Gasteiger partial charge >= 0.3 is 6.09 Å². The van der Waals surface area contributed by atoms with E-state index in [0.717, 1.165) is 12.6 Å². The van der Waals surface area contributed by atoms with Crippen LogP contribution in [-0.4, -0.2) is 58.1 Å². The molecule has 1 amide bonds. The molecule has 0 saturated carbocycles. The van der Waals surface area contributed by atoms with Crippen molar-refractivity contribution in [2.75, 3.05) is 27.8 Å². The molecule has 0 aliphatic rings. The van der Waals surface area contributed by atoms with Gasteiger partial charge in [-0.15, -0.1) is 0 Å². The smallest absolute Gasteiger partial charge is 0.408 e. The second-order valence-electron chi connectivity index (χ2n) is 8.31. The van der Waals surface area contributed by atoms with E-state index < -0.39 is 17.7 Å². The first-order valence-corrected chi connectivity index (χ1v) is 10.3. The molecule has 1 aromatic carbocycles. The van der Waals surface area contributed by atoms with Gasteiger partial charge in [-0.2, -0.15) is 0 Å². The van der Waals surface area contributed by atoms with Crippen LogP contribution in [0, 0.1) is 19.8 Å². The molecule has 1 unspecified atom stereocenters. The normalized spacial score (nSPS) is 10.7. The minimum absolute atomic E-state index is 0.357. The van der Waals surface area contributed by atoms with E-state index in [4.69, 9.17) is 4.74 Å². The SMILES string of the molecule is CC(C)CC(C=O)NC(=O)OC(C)(C)C.CNCC=O.COC.Cc1cccc(C)c1. The van der Waals surface area contributed by atoms with E-state index in [9.17, 15) is 14.4 Å². The van der Waals surface area contributed by atoms with Gasteiger partial charge < -0.3 is 29.7 Å². The lowest BCUT2D eigenvalue weighted by molar-refractivity contribution is -0.110. The molecule has 1 atom stereocenters. The molecule has 2 N–H and O–H groups in total. The summed E-state index contributed by atoms with van der Waals surface area (Å²) in [6, 6.07) is 7.99. The zero-order valence-electron chi connectivity index (χ0n) is 21.1. The zero-order valence-corrected chi connectivity index (χ0v) is 21.1. The fraction of sp³-hybridized carbons (Fsp3) is 0.625. The zero-order chi connectivity index (χ0) is 24.9. The Hall–Kier alpha value is -2.25. The highest BCUT2D eigenvalue weighted by atomic mass is 16.6. The number of hydrogen-bond acceptors (Lipinski definition) is 6. The van der Waals surface area contributed by atoms with Crippen LogP contribution in [0.1, 0.15) is 52.2 Å². The summed E-state index contributed by atoms with van der Waals surface area (Å²) in [6.07, 6.45) is 1.65. The second-order valence-corrected chi connectivity index (χ2v) is 8.31. The molecule has 0 aliphatic heterocycles. The second kappa shape index (κ2) is 21.0. The van der Waals surface area contributed by atoms with E-state index in [0.29, 0.717) is 18.9 Å². The third-order valence-electron chi connectivity index (χ3n) is 3.05. The summed E-state index contributed by atoms with van der Waals surface area (Å²) in [4.78, 5) is 31.3. The molecule has 0 fully saturated rings. The van der Waals surface area contributed by atoms with Crippen LogP contribution >= 0.6 is 0 Å². The summed E-state index contributed by atoms with van der Waals surface area (Å²) < 4.78 is 9.29. The summed E-state index contributed by atoms with van der Waals surface area (Å²) in [7, 11) is 4.98. The number of hydrogen-bond donors (Lipinski definition) is 2. The Labute approximate surface area is 189 Å². The van der Waals surface area contributed by atoms with Gasteiger partial charge in [0.1, 0.15) is 18.2 Å². The largest absolute Gasteiger partial charge is 0.444 e. The molecule has 180 valence electrons. The summed E-state index contributed by atoms with van der Waals surface area (Å²) in [5.41, 5.74) is 2.14. The summed E-state index contributed by atoms with van der Waals surface area (Å²) >= 11 is 0. The predicted octanol–water partition coefficient (Wildman–Crippen LogP) is 4.10. The first-order chi connectivity index (χ1) is 14.4. The van der Waals surface area contributed by atoms with E-state index in [2.05, 4.69) is 53.5 Å². The number of aldehydes is 2. The van der Waals surface area contributed by atoms with Gasteiger partial charge in [0.2, 0.25) is 0 Å². The van der Waals surface area contributed by atoms with Crippen molar-refractivity contribution in [2.24, 2.45) is 5.92 Å². The van der Waals surface area contributed by atoms with Crippen molar-refractivity contribution in [2.45, 2.75) is 66.5 Å². The molecule has 0 aliphatic carbocycles. The topological polar surface area (TPSA) is 93.7 Å². The Balaban J connectivity index is -0.000000405. The molecule has 0 heterocycles. The van der Waals surface area contributed by atoms with Gasteiger partial charge in [0.05, 0.1) is 12.6 Å². The summed E-state index contributed by atoms with van der Waals surface area (Å²) in [6.45, 7) is 14.0. The van der Waals surface area contributed by atoms with Crippen LogP contribution < -0.4 is 10.6 Å². The van der Waals surface area contributed by atoms with Crippen molar-refractivity contribution in [3.05, 3.63) is 35.4 Å². The summed E-state index contributed by atoms with van der Waals surface area (Å²) in [5, 5.41) is 5.17.